The number of nitrogens with zero attached hydrogens (tertiary/aromatic N) is 2. The lowest BCUT2D eigenvalue weighted by atomic mass is 9.87. The lowest BCUT2D eigenvalue weighted by Crippen LogP contribution is -2.20. The third-order valence-electron chi connectivity index (χ3n) is 3.68. The van der Waals surface area contributed by atoms with Gasteiger partial charge >= 0.3 is 0 Å². The quantitative estimate of drug-likeness (QED) is 0.795. The molecule has 1 unspecified atom stereocenters. The van der Waals surface area contributed by atoms with E-state index in [-0.39, 0.29) is 5.92 Å². The smallest absolute Gasteiger partial charge is 0.143 e. The van der Waals surface area contributed by atoms with Crippen LogP contribution in [0.25, 0.3) is 0 Å². The first-order valence-corrected chi connectivity index (χ1v) is 7.51. The first kappa shape index (κ1) is 14.4. The Kier molecular flexibility index (Phi) is 4.22. The van der Waals surface area contributed by atoms with E-state index in [0.717, 1.165) is 17.7 Å². The molecule has 1 aliphatic rings. The minimum absolute atomic E-state index is 0.00255. The second-order valence-corrected chi connectivity index (χ2v) is 5.54. The molecule has 3 heteroatoms. The van der Waals surface area contributed by atoms with Crippen LogP contribution in [0.15, 0.2) is 77.3 Å². The van der Waals surface area contributed by atoms with Gasteiger partial charge in [-0.1, -0.05) is 79.0 Å². The highest BCUT2D eigenvalue weighted by Crippen LogP contribution is 2.27. The number of dihydropyridines is 1. The molecule has 0 amide bonds. The largest absolute Gasteiger partial charge is 0.243 e. The van der Waals surface area contributed by atoms with Gasteiger partial charge in [-0.25, -0.2) is 4.99 Å². The van der Waals surface area contributed by atoms with Gasteiger partial charge in [0.2, 0.25) is 0 Å². The van der Waals surface area contributed by atoms with E-state index in [1.807, 2.05) is 42.5 Å². The van der Waals surface area contributed by atoms with Crippen molar-refractivity contribution in [3.8, 4) is 6.07 Å². The molecule has 0 aliphatic carbocycles. The molecule has 0 bridgehead atoms. The Morgan fingerprint density at radius 1 is 1.00 bits per heavy atom. The molecule has 0 fully saturated rings. The predicted molar refractivity (Wildman–Crippen MR) is 93.1 cm³/mol. The van der Waals surface area contributed by atoms with Gasteiger partial charge in [-0.15, -0.1) is 0 Å². The number of allylic oxidation sites excluding steroid dienone is 1. The first-order valence-electron chi connectivity index (χ1n) is 7.10. The zero-order valence-corrected chi connectivity index (χ0v) is 12.8. The molecule has 106 valence electrons. The average Bonchev–Trinajstić information content (AvgIpc) is 2.57. The minimum atomic E-state index is 0.00255. The molecule has 0 saturated carbocycles. The van der Waals surface area contributed by atoms with Crippen LogP contribution >= 0.6 is 12.2 Å². The number of benzene rings is 2. The third kappa shape index (κ3) is 3.03. The minimum Gasteiger partial charge on any atom is -0.243 e. The van der Waals surface area contributed by atoms with Gasteiger partial charge in [0.05, 0.1) is 5.57 Å². The Morgan fingerprint density at radius 3 is 2.27 bits per heavy atom. The molecule has 2 nitrogen and oxygen atoms in total. The molecule has 0 saturated heterocycles. The average molecular weight is 302 g/mol. The summed E-state index contributed by atoms with van der Waals surface area (Å²) in [4.78, 5) is 4.93. The molecule has 0 radical (unpaired) electrons. The maximum atomic E-state index is 9.23. The van der Waals surface area contributed by atoms with E-state index in [2.05, 4.69) is 35.3 Å². The van der Waals surface area contributed by atoms with E-state index >= 15 is 0 Å². The number of aliphatic imine (C=N–C) groups is 1. The van der Waals surface area contributed by atoms with Crippen LogP contribution in [-0.4, -0.2) is 10.7 Å². The summed E-state index contributed by atoms with van der Waals surface area (Å²) >= 11 is 5.24. The molecule has 2 aromatic rings. The van der Waals surface area contributed by atoms with Crippen molar-refractivity contribution < 1.29 is 0 Å². The van der Waals surface area contributed by atoms with Crippen LogP contribution in [-0.2, 0) is 6.42 Å². The lowest BCUT2D eigenvalue weighted by molar-refractivity contribution is 1.07. The summed E-state index contributed by atoms with van der Waals surface area (Å²) in [7, 11) is 0. The summed E-state index contributed by atoms with van der Waals surface area (Å²) in [6.07, 6.45) is 2.67. The molecule has 0 N–H and O–H groups in total. The van der Waals surface area contributed by atoms with Crippen molar-refractivity contribution in [2.45, 2.75) is 12.3 Å². The van der Waals surface area contributed by atoms with E-state index in [1.165, 1.54) is 5.56 Å². The molecule has 1 aliphatic heterocycles. The fourth-order valence-corrected chi connectivity index (χ4v) is 2.81. The summed E-state index contributed by atoms with van der Waals surface area (Å²) in [6.45, 7) is 0. The molecular formula is C19H14N2S. The van der Waals surface area contributed by atoms with Crippen LogP contribution in [0.3, 0.4) is 0 Å². The van der Waals surface area contributed by atoms with Crippen molar-refractivity contribution in [2.75, 3.05) is 0 Å². The monoisotopic (exact) mass is 302 g/mol. The highest BCUT2D eigenvalue weighted by atomic mass is 32.1. The van der Waals surface area contributed by atoms with Crippen LogP contribution in [0.2, 0.25) is 0 Å². The number of nitriles is 1. The van der Waals surface area contributed by atoms with E-state index in [4.69, 9.17) is 12.2 Å². The molecule has 0 aromatic heterocycles. The van der Waals surface area contributed by atoms with Gasteiger partial charge in [-0.2, -0.15) is 5.26 Å². The summed E-state index contributed by atoms with van der Waals surface area (Å²) in [5.41, 5.74) is 3.80. The van der Waals surface area contributed by atoms with E-state index in [0.29, 0.717) is 10.6 Å². The number of hydrogen-bond donors (Lipinski definition) is 0. The Hall–Kier alpha value is -2.57. The Bertz CT molecular complexity index is 783. The molecule has 3 rings (SSSR count). The van der Waals surface area contributed by atoms with Crippen LogP contribution in [0.1, 0.15) is 17.0 Å². The van der Waals surface area contributed by atoms with Crippen molar-refractivity contribution in [3.63, 3.8) is 0 Å². The van der Waals surface area contributed by atoms with Gasteiger partial charge < -0.3 is 0 Å². The summed E-state index contributed by atoms with van der Waals surface area (Å²) in [6, 6.07) is 22.5. The second kappa shape index (κ2) is 6.46. The van der Waals surface area contributed by atoms with Crippen LogP contribution in [0, 0.1) is 11.3 Å². The van der Waals surface area contributed by atoms with Gasteiger partial charge in [-0.05, 0) is 11.1 Å². The molecule has 2 aromatic carbocycles. The second-order valence-electron chi connectivity index (χ2n) is 5.15. The highest BCUT2D eigenvalue weighted by Gasteiger charge is 2.23. The SMILES string of the molecule is N#CC1=CC(c2ccccc2)C(Cc2ccccc2)=NC1=S. The van der Waals surface area contributed by atoms with E-state index in [1.54, 1.807) is 0 Å². The molecular weight excluding hydrogens is 288 g/mol. The van der Waals surface area contributed by atoms with Gasteiger partial charge in [-0.3, -0.25) is 0 Å². The van der Waals surface area contributed by atoms with Crippen LogP contribution in [0.5, 0.6) is 0 Å². The van der Waals surface area contributed by atoms with Crippen molar-refractivity contribution >= 4 is 22.9 Å². The van der Waals surface area contributed by atoms with Gasteiger partial charge in [0.1, 0.15) is 11.1 Å². The molecule has 0 spiro atoms. The Morgan fingerprint density at radius 2 is 1.64 bits per heavy atom. The Balaban J connectivity index is 1.99. The van der Waals surface area contributed by atoms with Crippen LogP contribution in [0.4, 0.5) is 0 Å². The predicted octanol–water partition coefficient (Wildman–Crippen LogP) is 4.24. The fourth-order valence-electron chi connectivity index (χ4n) is 2.58. The molecule has 1 heterocycles. The zero-order chi connectivity index (χ0) is 15.4. The molecule has 1 atom stereocenters. The van der Waals surface area contributed by atoms with E-state index < -0.39 is 0 Å². The van der Waals surface area contributed by atoms with Gasteiger partial charge in [0.15, 0.2) is 0 Å². The summed E-state index contributed by atoms with van der Waals surface area (Å²) in [5, 5.41) is 9.23. The van der Waals surface area contributed by atoms with Crippen molar-refractivity contribution in [3.05, 3.63) is 83.4 Å². The third-order valence-corrected chi connectivity index (χ3v) is 3.99. The van der Waals surface area contributed by atoms with Gasteiger partial charge in [0.25, 0.3) is 0 Å². The van der Waals surface area contributed by atoms with Crippen molar-refractivity contribution in [2.24, 2.45) is 4.99 Å². The number of hydrogen-bond acceptors (Lipinski definition) is 2. The van der Waals surface area contributed by atoms with Gasteiger partial charge in [0, 0.05) is 18.1 Å². The van der Waals surface area contributed by atoms with Crippen molar-refractivity contribution in [1.82, 2.24) is 0 Å². The summed E-state index contributed by atoms with van der Waals surface area (Å²) in [5.74, 6) is 0.00255. The maximum absolute atomic E-state index is 9.23. The molecule has 22 heavy (non-hydrogen) atoms. The Labute approximate surface area is 135 Å². The number of rotatable bonds is 3. The maximum Gasteiger partial charge on any atom is 0.143 e. The van der Waals surface area contributed by atoms with E-state index in [9.17, 15) is 5.26 Å². The topological polar surface area (TPSA) is 36.1 Å². The summed E-state index contributed by atoms with van der Waals surface area (Å²) < 4.78 is 0. The highest BCUT2D eigenvalue weighted by molar-refractivity contribution is 7.80. The normalized spacial score (nSPS) is 17.4. The van der Waals surface area contributed by atoms with Crippen molar-refractivity contribution in [1.29, 1.82) is 5.26 Å². The fraction of sp³-hybridized carbons (Fsp3) is 0.105. The first-order chi connectivity index (χ1) is 10.8. The standard InChI is InChI=1S/C19H14N2S/c20-13-16-12-17(15-9-5-2-6-10-15)18(21-19(16)22)11-14-7-3-1-4-8-14/h1-10,12,17H,11H2. The number of thiocarbonyl (C=S) groups is 1. The zero-order valence-electron chi connectivity index (χ0n) is 11.9. The van der Waals surface area contributed by atoms with Crippen LogP contribution < -0.4 is 0 Å². The lowest BCUT2D eigenvalue weighted by Gasteiger charge is -2.21.